The molecule has 0 aliphatic carbocycles. The lowest BCUT2D eigenvalue weighted by atomic mass is 10.2. The number of thiazole rings is 1. The number of carbonyl (C=O) groups is 1. The first-order valence-corrected chi connectivity index (χ1v) is 10.6. The van der Waals surface area contributed by atoms with Crippen LogP contribution in [0.2, 0.25) is 0 Å². The summed E-state index contributed by atoms with van der Waals surface area (Å²) in [6.07, 6.45) is 0.162. The van der Waals surface area contributed by atoms with Crippen molar-refractivity contribution in [1.29, 1.82) is 0 Å². The molecule has 1 unspecified atom stereocenters. The number of hydrogen-bond acceptors (Lipinski definition) is 6. The van der Waals surface area contributed by atoms with Crippen LogP contribution in [0.5, 0.6) is 11.5 Å². The molecule has 0 radical (unpaired) electrons. The maximum absolute atomic E-state index is 13.4. The zero-order valence-electron chi connectivity index (χ0n) is 16.9. The molecular weight excluding hydrogens is 386 g/mol. The van der Waals surface area contributed by atoms with Crippen LogP contribution in [0.15, 0.2) is 42.5 Å². The second kappa shape index (κ2) is 8.39. The van der Waals surface area contributed by atoms with Crippen LogP contribution in [0.4, 0.5) is 5.13 Å². The lowest BCUT2D eigenvalue weighted by molar-refractivity contribution is -0.127. The molecule has 7 heteroatoms. The number of para-hydroxylation sites is 3. The summed E-state index contributed by atoms with van der Waals surface area (Å²) in [7, 11) is 4.06. The van der Waals surface area contributed by atoms with E-state index >= 15 is 0 Å². The lowest BCUT2D eigenvalue weighted by Crippen LogP contribution is -2.47. The highest BCUT2D eigenvalue weighted by Gasteiger charge is 2.33. The van der Waals surface area contributed by atoms with Crippen molar-refractivity contribution >= 4 is 32.6 Å². The number of fused-ring (bicyclic) bond motifs is 2. The van der Waals surface area contributed by atoms with Crippen LogP contribution in [0.25, 0.3) is 10.2 Å². The van der Waals surface area contributed by atoms with Crippen molar-refractivity contribution < 1.29 is 14.3 Å². The average Bonchev–Trinajstić information content (AvgIpc) is 3.15. The molecule has 1 aromatic heterocycles. The largest absolute Gasteiger partial charge is 0.485 e. The Bertz CT molecular complexity index is 1020. The second-order valence-electron chi connectivity index (χ2n) is 7.43. The zero-order valence-corrected chi connectivity index (χ0v) is 17.7. The molecule has 2 aromatic carbocycles. The number of rotatable bonds is 6. The number of ether oxygens (including phenoxy) is 2. The van der Waals surface area contributed by atoms with E-state index < -0.39 is 6.10 Å². The van der Waals surface area contributed by atoms with Crippen LogP contribution in [0, 0.1) is 6.92 Å². The molecule has 0 bridgehead atoms. The number of nitrogens with zero attached hydrogens (tertiary/aromatic N) is 3. The van der Waals surface area contributed by atoms with E-state index in [0.717, 1.165) is 28.7 Å². The van der Waals surface area contributed by atoms with Gasteiger partial charge in [-0.2, -0.15) is 0 Å². The number of carbonyl (C=O) groups excluding carboxylic acids is 1. The minimum absolute atomic E-state index is 0.116. The summed E-state index contributed by atoms with van der Waals surface area (Å²) < 4.78 is 12.8. The van der Waals surface area contributed by atoms with Gasteiger partial charge < -0.3 is 14.4 Å². The minimum atomic E-state index is -0.683. The molecule has 6 nitrogen and oxygen atoms in total. The molecule has 0 N–H and O–H groups in total. The molecule has 0 saturated carbocycles. The van der Waals surface area contributed by atoms with E-state index in [1.165, 1.54) is 0 Å². The van der Waals surface area contributed by atoms with Crippen LogP contribution in [0.1, 0.15) is 12.0 Å². The molecule has 1 amide bonds. The van der Waals surface area contributed by atoms with Crippen LogP contribution in [-0.4, -0.2) is 55.7 Å². The molecule has 1 aliphatic heterocycles. The quantitative estimate of drug-likeness (QED) is 0.619. The van der Waals surface area contributed by atoms with Gasteiger partial charge in [-0.3, -0.25) is 9.69 Å². The molecular formula is C22H25N3O3S. The molecule has 152 valence electrons. The standard InChI is InChI=1S/C22H25N3O3S/c1-15-8-6-11-19-20(15)23-22(29-19)25(13-7-12-24(2)3)21(26)18-14-27-16-9-4-5-10-17(16)28-18/h4-6,8-11,18H,7,12-14H2,1-3H3. The van der Waals surface area contributed by atoms with Crippen molar-refractivity contribution in [1.82, 2.24) is 9.88 Å². The number of hydrogen-bond donors (Lipinski definition) is 0. The SMILES string of the molecule is Cc1cccc2sc(N(CCCN(C)C)C(=O)C3COc4ccccc4O3)nc12. The topological polar surface area (TPSA) is 54.9 Å². The van der Waals surface area contributed by atoms with E-state index in [1.807, 2.05) is 63.5 Å². The minimum Gasteiger partial charge on any atom is -0.485 e. The predicted molar refractivity (Wildman–Crippen MR) is 116 cm³/mol. The molecule has 3 aromatic rings. The van der Waals surface area contributed by atoms with E-state index in [1.54, 1.807) is 16.2 Å². The molecule has 4 rings (SSSR count). The van der Waals surface area contributed by atoms with Crippen molar-refractivity contribution in [2.45, 2.75) is 19.4 Å². The Morgan fingerprint density at radius 2 is 1.93 bits per heavy atom. The van der Waals surface area contributed by atoms with Gasteiger partial charge in [0, 0.05) is 6.54 Å². The summed E-state index contributed by atoms with van der Waals surface area (Å²) in [5.74, 6) is 1.16. The van der Waals surface area contributed by atoms with Gasteiger partial charge in [-0.25, -0.2) is 4.98 Å². The van der Waals surface area contributed by atoms with Crippen molar-refractivity contribution in [3.05, 3.63) is 48.0 Å². The Kier molecular flexibility index (Phi) is 5.69. The lowest BCUT2D eigenvalue weighted by Gasteiger charge is -2.29. The van der Waals surface area contributed by atoms with Crippen molar-refractivity contribution in [3.63, 3.8) is 0 Å². The van der Waals surface area contributed by atoms with Gasteiger partial charge in [0.1, 0.15) is 6.61 Å². The van der Waals surface area contributed by atoms with Gasteiger partial charge in [-0.1, -0.05) is 35.6 Å². The average molecular weight is 412 g/mol. The van der Waals surface area contributed by atoms with Crippen LogP contribution in [0.3, 0.4) is 0 Å². The van der Waals surface area contributed by atoms with Gasteiger partial charge in [0.25, 0.3) is 5.91 Å². The first-order valence-electron chi connectivity index (χ1n) is 9.73. The number of benzene rings is 2. The summed E-state index contributed by atoms with van der Waals surface area (Å²) in [5, 5.41) is 0.709. The van der Waals surface area contributed by atoms with Gasteiger partial charge >= 0.3 is 0 Å². The highest BCUT2D eigenvalue weighted by molar-refractivity contribution is 7.22. The van der Waals surface area contributed by atoms with E-state index in [-0.39, 0.29) is 12.5 Å². The summed E-state index contributed by atoms with van der Waals surface area (Å²) in [4.78, 5) is 22.1. The highest BCUT2D eigenvalue weighted by atomic mass is 32.1. The Hall–Kier alpha value is -2.64. The molecule has 1 atom stereocenters. The van der Waals surface area contributed by atoms with Crippen LogP contribution < -0.4 is 14.4 Å². The number of aromatic nitrogens is 1. The van der Waals surface area contributed by atoms with Gasteiger partial charge in [-0.15, -0.1) is 0 Å². The second-order valence-corrected chi connectivity index (χ2v) is 8.44. The Labute approximate surface area is 174 Å². The van der Waals surface area contributed by atoms with Gasteiger partial charge in [0.15, 0.2) is 16.6 Å². The fraction of sp³-hybridized carbons (Fsp3) is 0.364. The third-order valence-corrected chi connectivity index (χ3v) is 5.92. The number of anilines is 1. The highest BCUT2D eigenvalue weighted by Crippen LogP contribution is 2.34. The summed E-state index contributed by atoms with van der Waals surface area (Å²) >= 11 is 1.54. The molecule has 29 heavy (non-hydrogen) atoms. The molecule has 0 spiro atoms. The smallest absolute Gasteiger partial charge is 0.273 e. The monoisotopic (exact) mass is 411 g/mol. The van der Waals surface area contributed by atoms with Crippen molar-refractivity contribution in [3.8, 4) is 11.5 Å². The zero-order chi connectivity index (χ0) is 20.4. The first kappa shape index (κ1) is 19.7. The summed E-state index contributed by atoms with van der Waals surface area (Å²) in [6.45, 7) is 3.71. The third kappa shape index (κ3) is 4.21. The van der Waals surface area contributed by atoms with Crippen LogP contribution >= 0.6 is 11.3 Å². The fourth-order valence-electron chi connectivity index (χ4n) is 3.35. The first-order chi connectivity index (χ1) is 14.0. The Balaban J connectivity index is 1.61. The normalized spacial score (nSPS) is 15.7. The molecule has 1 aliphatic rings. The fourth-order valence-corrected chi connectivity index (χ4v) is 4.43. The Morgan fingerprint density at radius 3 is 2.69 bits per heavy atom. The van der Waals surface area contributed by atoms with E-state index in [0.29, 0.717) is 23.2 Å². The third-order valence-electron chi connectivity index (χ3n) is 4.88. The van der Waals surface area contributed by atoms with Gasteiger partial charge in [0.05, 0.1) is 10.2 Å². The number of aryl methyl sites for hydroxylation is 1. The molecule has 0 saturated heterocycles. The Morgan fingerprint density at radius 1 is 1.14 bits per heavy atom. The van der Waals surface area contributed by atoms with E-state index in [2.05, 4.69) is 4.90 Å². The molecule has 0 fully saturated rings. The van der Waals surface area contributed by atoms with Crippen LogP contribution in [-0.2, 0) is 4.79 Å². The van der Waals surface area contributed by atoms with Gasteiger partial charge in [0.2, 0.25) is 6.10 Å². The maximum atomic E-state index is 13.4. The summed E-state index contributed by atoms with van der Waals surface area (Å²) in [6, 6.07) is 13.5. The van der Waals surface area contributed by atoms with Gasteiger partial charge in [-0.05, 0) is 57.7 Å². The van der Waals surface area contributed by atoms with E-state index in [4.69, 9.17) is 14.5 Å². The van der Waals surface area contributed by atoms with Crippen molar-refractivity contribution in [2.24, 2.45) is 0 Å². The predicted octanol–water partition coefficient (Wildman–Crippen LogP) is 3.73. The summed E-state index contributed by atoms with van der Waals surface area (Å²) in [5.41, 5.74) is 2.06. The molecule has 2 heterocycles. The number of amides is 1. The van der Waals surface area contributed by atoms with E-state index in [9.17, 15) is 4.79 Å². The maximum Gasteiger partial charge on any atom is 0.273 e. The van der Waals surface area contributed by atoms with Crippen molar-refractivity contribution in [2.75, 3.05) is 38.7 Å².